The van der Waals surface area contributed by atoms with Crippen LogP contribution in [-0.2, 0) is 21.0 Å². The van der Waals surface area contributed by atoms with Gasteiger partial charge in [0.1, 0.15) is 11.5 Å². The average molecular weight is 501 g/mol. The molecule has 0 aliphatic carbocycles. The van der Waals surface area contributed by atoms with Gasteiger partial charge in [-0.3, -0.25) is 9.79 Å². The number of sulfonamides is 1. The van der Waals surface area contributed by atoms with Gasteiger partial charge >= 0.3 is 6.18 Å². The van der Waals surface area contributed by atoms with E-state index in [9.17, 15) is 26.4 Å². The number of anilines is 1. The highest BCUT2D eigenvalue weighted by Gasteiger charge is 2.52. The SMILES string of the molecule is CC(C)N1C(=O)C(=NC2CN(c3ncc(C(F)(F)F)cc3Cl)C2)C(c2ccccc2)S1(=O)=O. The van der Waals surface area contributed by atoms with E-state index in [-0.39, 0.29) is 29.6 Å². The Bertz CT molecular complexity index is 1210. The summed E-state index contributed by atoms with van der Waals surface area (Å²) in [5.74, 6) is -0.488. The lowest BCUT2D eigenvalue weighted by Crippen LogP contribution is -2.51. The lowest BCUT2D eigenvalue weighted by molar-refractivity contribution is -0.137. The van der Waals surface area contributed by atoms with E-state index in [4.69, 9.17) is 11.6 Å². The molecule has 0 radical (unpaired) electrons. The highest BCUT2D eigenvalue weighted by Crippen LogP contribution is 2.38. The lowest BCUT2D eigenvalue weighted by Gasteiger charge is -2.38. The van der Waals surface area contributed by atoms with Crippen molar-refractivity contribution in [1.82, 2.24) is 9.29 Å². The number of rotatable bonds is 4. The first-order valence-corrected chi connectivity index (χ1v) is 12.0. The zero-order valence-electron chi connectivity index (χ0n) is 17.6. The van der Waals surface area contributed by atoms with Crippen molar-refractivity contribution in [3.63, 3.8) is 0 Å². The molecule has 0 spiro atoms. The normalized spacial score (nSPS) is 22.3. The Morgan fingerprint density at radius 3 is 2.36 bits per heavy atom. The fraction of sp³-hybridized carbons (Fsp3) is 0.381. The van der Waals surface area contributed by atoms with Gasteiger partial charge in [0.05, 0.1) is 16.6 Å². The Balaban J connectivity index is 1.61. The van der Waals surface area contributed by atoms with Crippen LogP contribution in [0.3, 0.4) is 0 Å². The maximum atomic E-state index is 13.2. The van der Waals surface area contributed by atoms with Crippen molar-refractivity contribution in [1.29, 1.82) is 0 Å². The largest absolute Gasteiger partial charge is 0.417 e. The standard InChI is InChI=1S/C21H20ClF3N4O3S/c1-12(2)29-20(30)17(18(33(29,31)32)13-6-4-3-5-7-13)27-15-10-28(11-15)19-16(22)8-14(9-26-19)21(23,24)25/h3-9,12,15,18H,10-11H2,1-2H3. The number of carbonyl (C=O) groups is 1. The minimum Gasteiger partial charge on any atom is -0.351 e. The summed E-state index contributed by atoms with van der Waals surface area (Å²) in [4.78, 5) is 22.9. The Labute approximate surface area is 193 Å². The average Bonchev–Trinajstić information content (AvgIpc) is 2.89. The first kappa shape index (κ1) is 23.5. The first-order valence-electron chi connectivity index (χ1n) is 10.1. The fourth-order valence-electron chi connectivity index (χ4n) is 3.93. The molecule has 1 unspecified atom stereocenters. The predicted molar refractivity (Wildman–Crippen MR) is 118 cm³/mol. The molecule has 33 heavy (non-hydrogen) atoms. The third kappa shape index (κ3) is 4.19. The van der Waals surface area contributed by atoms with E-state index in [0.29, 0.717) is 11.8 Å². The second-order valence-electron chi connectivity index (χ2n) is 8.13. The Morgan fingerprint density at radius 2 is 1.82 bits per heavy atom. The van der Waals surface area contributed by atoms with Gasteiger partial charge in [0.2, 0.25) is 0 Å². The predicted octanol–water partition coefficient (Wildman–Crippen LogP) is 3.71. The number of aliphatic imine (C=N–C) groups is 1. The topological polar surface area (TPSA) is 82.9 Å². The van der Waals surface area contributed by atoms with Crippen LogP contribution in [0, 0.1) is 0 Å². The van der Waals surface area contributed by atoms with Crippen LogP contribution in [0.1, 0.15) is 30.2 Å². The van der Waals surface area contributed by atoms with Gasteiger partial charge in [-0.25, -0.2) is 17.7 Å². The van der Waals surface area contributed by atoms with Crippen LogP contribution in [0.5, 0.6) is 0 Å². The van der Waals surface area contributed by atoms with Crippen molar-refractivity contribution in [3.05, 3.63) is 58.7 Å². The number of aromatic nitrogens is 1. The van der Waals surface area contributed by atoms with Gasteiger partial charge in [-0.05, 0) is 25.5 Å². The molecular formula is C21H20ClF3N4O3S. The molecule has 2 aliphatic heterocycles. The Hall–Kier alpha value is -2.66. The van der Waals surface area contributed by atoms with Gasteiger partial charge in [0.25, 0.3) is 15.9 Å². The Morgan fingerprint density at radius 1 is 1.18 bits per heavy atom. The summed E-state index contributed by atoms with van der Waals surface area (Å²) < 4.78 is 65.7. The van der Waals surface area contributed by atoms with Crippen LogP contribution in [0.15, 0.2) is 47.6 Å². The Kier molecular flexibility index (Phi) is 5.90. The van der Waals surface area contributed by atoms with Crippen LogP contribution in [0.25, 0.3) is 0 Å². The summed E-state index contributed by atoms with van der Waals surface area (Å²) in [7, 11) is -4.00. The molecule has 176 valence electrons. The maximum absolute atomic E-state index is 13.2. The van der Waals surface area contributed by atoms with E-state index in [2.05, 4.69) is 9.98 Å². The number of alkyl halides is 3. The number of hydrogen-bond donors (Lipinski definition) is 0. The van der Waals surface area contributed by atoms with Crippen LogP contribution in [0.4, 0.5) is 19.0 Å². The number of nitrogens with zero attached hydrogens (tertiary/aromatic N) is 4. The van der Waals surface area contributed by atoms with Gasteiger partial charge in [0.15, 0.2) is 5.25 Å². The molecule has 12 heteroatoms. The molecule has 7 nitrogen and oxygen atoms in total. The zero-order valence-corrected chi connectivity index (χ0v) is 19.2. The molecular weight excluding hydrogens is 481 g/mol. The van der Waals surface area contributed by atoms with Crippen molar-refractivity contribution in [2.24, 2.45) is 4.99 Å². The summed E-state index contributed by atoms with van der Waals surface area (Å²) in [6.07, 6.45) is -3.85. The van der Waals surface area contributed by atoms with Crippen LogP contribution < -0.4 is 4.90 Å². The number of hydrogen-bond acceptors (Lipinski definition) is 6. The molecule has 1 atom stereocenters. The van der Waals surface area contributed by atoms with E-state index < -0.39 is 45.0 Å². The van der Waals surface area contributed by atoms with E-state index in [1.54, 1.807) is 49.1 Å². The number of benzene rings is 1. The summed E-state index contributed by atoms with van der Waals surface area (Å²) in [6, 6.07) is 8.19. The second-order valence-corrected chi connectivity index (χ2v) is 10.4. The van der Waals surface area contributed by atoms with Gasteiger partial charge in [-0.15, -0.1) is 0 Å². The summed E-state index contributed by atoms with van der Waals surface area (Å²) in [6.45, 7) is 3.70. The van der Waals surface area contributed by atoms with Crippen molar-refractivity contribution in [2.45, 2.75) is 37.4 Å². The number of halogens is 4. The number of pyridine rings is 1. The van der Waals surface area contributed by atoms with Crippen molar-refractivity contribution in [3.8, 4) is 0 Å². The van der Waals surface area contributed by atoms with Gasteiger partial charge in [-0.2, -0.15) is 13.2 Å². The monoisotopic (exact) mass is 500 g/mol. The van der Waals surface area contributed by atoms with Gasteiger partial charge in [0, 0.05) is 25.3 Å². The molecule has 1 aromatic carbocycles. The molecule has 2 aliphatic rings. The molecule has 2 aromatic rings. The molecule has 0 saturated carbocycles. The molecule has 0 N–H and O–H groups in total. The summed E-state index contributed by atoms with van der Waals surface area (Å²) >= 11 is 6.00. The van der Waals surface area contributed by atoms with Crippen molar-refractivity contribution >= 4 is 39.1 Å². The van der Waals surface area contributed by atoms with E-state index in [1.165, 1.54) is 0 Å². The number of amides is 1. The molecule has 2 fully saturated rings. The highest BCUT2D eigenvalue weighted by molar-refractivity contribution is 7.91. The minimum absolute atomic E-state index is 0.0639. The van der Waals surface area contributed by atoms with Crippen molar-refractivity contribution < 1.29 is 26.4 Å². The second kappa shape index (κ2) is 8.28. The van der Waals surface area contributed by atoms with Crippen LogP contribution in [-0.4, -0.2) is 54.5 Å². The zero-order chi connectivity index (χ0) is 24.1. The number of carbonyl (C=O) groups excluding carboxylic acids is 1. The first-order chi connectivity index (χ1) is 15.4. The van der Waals surface area contributed by atoms with Crippen LogP contribution in [0.2, 0.25) is 5.02 Å². The van der Waals surface area contributed by atoms with E-state index >= 15 is 0 Å². The summed E-state index contributed by atoms with van der Waals surface area (Å²) in [5, 5.41) is -1.36. The third-order valence-corrected chi connectivity index (χ3v) is 7.95. The molecule has 2 saturated heterocycles. The van der Waals surface area contributed by atoms with Gasteiger partial charge in [-0.1, -0.05) is 41.9 Å². The summed E-state index contributed by atoms with van der Waals surface area (Å²) in [5.41, 5.74) is -0.572. The van der Waals surface area contributed by atoms with Crippen LogP contribution >= 0.6 is 11.6 Å². The minimum atomic E-state index is -4.55. The van der Waals surface area contributed by atoms with E-state index in [1.807, 2.05) is 0 Å². The third-order valence-electron chi connectivity index (χ3n) is 5.44. The maximum Gasteiger partial charge on any atom is 0.417 e. The lowest BCUT2D eigenvalue weighted by atomic mass is 10.0. The highest BCUT2D eigenvalue weighted by atomic mass is 35.5. The van der Waals surface area contributed by atoms with E-state index in [0.717, 1.165) is 10.4 Å². The smallest absolute Gasteiger partial charge is 0.351 e. The van der Waals surface area contributed by atoms with Crippen molar-refractivity contribution in [2.75, 3.05) is 18.0 Å². The van der Waals surface area contributed by atoms with Gasteiger partial charge < -0.3 is 4.90 Å². The fourth-order valence-corrected chi connectivity index (χ4v) is 6.30. The quantitative estimate of drug-likeness (QED) is 0.639. The molecule has 4 rings (SSSR count). The molecule has 3 heterocycles. The molecule has 1 aromatic heterocycles. The molecule has 1 amide bonds. The molecule has 0 bridgehead atoms.